The summed E-state index contributed by atoms with van der Waals surface area (Å²) in [5, 5.41) is 3.36. The molecular formula is C18H23N3O4S2. The van der Waals surface area contributed by atoms with E-state index in [0.717, 1.165) is 0 Å². The molecule has 1 aromatic heterocycles. The first-order chi connectivity index (χ1) is 12.9. The number of amides is 1. The highest BCUT2D eigenvalue weighted by molar-refractivity contribution is 7.99. The van der Waals surface area contributed by atoms with Gasteiger partial charge in [0.15, 0.2) is 0 Å². The Morgan fingerprint density at radius 1 is 1.22 bits per heavy atom. The first-order valence-electron chi connectivity index (χ1n) is 8.43. The summed E-state index contributed by atoms with van der Waals surface area (Å²) in [6, 6.07) is 10.2. The molecule has 0 saturated carbocycles. The Morgan fingerprint density at radius 3 is 2.56 bits per heavy atom. The van der Waals surface area contributed by atoms with E-state index in [2.05, 4.69) is 10.3 Å². The average Bonchev–Trinajstić information content (AvgIpc) is 2.67. The minimum absolute atomic E-state index is 0.149. The van der Waals surface area contributed by atoms with E-state index in [1.165, 1.54) is 28.3 Å². The molecule has 2 rings (SSSR count). The number of carbonyl (C=O) groups is 1. The summed E-state index contributed by atoms with van der Waals surface area (Å²) in [5.41, 5.74) is 0.647. The Morgan fingerprint density at radius 2 is 1.96 bits per heavy atom. The van der Waals surface area contributed by atoms with E-state index in [0.29, 0.717) is 29.6 Å². The highest BCUT2D eigenvalue weighted by Crippen LogP contribution is 2.21. The van der Waals surface area contributed by atoms with Gasteiger partial charge in [-0.2, -0.15) is 4.31 Å². The van der Waals surface area contributed by atoms with Crippen LogP contribution in [0.1, 0.15) is 13.8 Å². The zero-order chi connectivity index (χ0) is 19.9. The van der Waals surface area contributed by atoms with Crippen molar-refractivity contribution in [2.24, 2.45) is 0 Å². The normalized spacial score (nSPS) is 11.4. The van der Waals surface area contributed by atoms with Crippen molar-refractivity contribution in [2.45, 2.75) is 23.8 Å². The second-order valence-corrected chi connectivity index (χ2v) is 8.42. The van der Waals surface area contributed by atoms with Crippen LogP contribution in [0.3, 0.4) is 0 Å². The summed E-state index contributed by atoms with van der Waals surface area (Å²) in [4.78, 5) is 16.4. The van der Waals surface area contributed by atoms with Gasteiger partial charge in [-0.05, 0) is 24.3 Å². The summed E-state index contributed by atoms with van der Waals surface area (Å²) in [6.07, 6.45) is 1.33. The quantitative estimate of drug-likeness (QED) is 0.641. The molecule has 146 valence electrons. The first kappa shape index (κ1) is 21.2. The number of ether oxygens (including phenoxy) is 1. The smallest absolute Gasteiger partial charge is 0.244 e. The molecule has 0 atom stereocenters. The van der Waals surface area contributed by atoms with Crippen LogP contribution < -0.4 is 10.1 Å². The van der Waals surface area contributed by atoms with Crippen LogP contribution in [-0.4, -0.2) is 49.6 Å². The van der Waals surface area contributed by atoms with E-state index < -0.39 is 10.0 Å². The molecule has 0 fully saturated rings. The van der Waals surface area contributed by atoms with E-state index in [1.807, 2.05) is 0 Å². The van der Waals surface area contributed by atoms with Crippen molar-refractivity contribution in [3.63, 3.8) is 0 Å². The fraction of sp³-hybridized carbons (Fsp3) is 0.333. The van der Waals surface area contributed by atoms with Crippen molar-refractivity contribution >= 4 is 33.4 Å². The monoisotopic (exact) mass is 409 g/mol. The van der Waals surface area contributed by atoms with Crippen molar-refractivity contribution in [1.82, 2.24) is 9.29 Å². The molecule has 1 amide bonds. The van der Waals surface area contributed by atoms with E-state index in [4.69, 9.17) is 4.74 Å². The molecule has 0 saturated heterocycles. The van der Waals surface area contributed by atoms with E-state index >= 15 is 0 Å². The number of benzene rings is 1. The second-order valence-electron chi connectivity index (χ2n) is 5.49. The third kappa shape index (κ3) is 5.69. The maximum atomic E-state index is 12.4. The van der Waals surface area contributed by atoms with Crippen LogP contribution in [0.15, 0.2) is 52.5 Å². The zero-order valence-electron chi connectivity index (χ0n) is 15.5. The highest BCUT2D eigenvalue weighted by Gasteiger charge is 2.21. The SMILES string of the molecule is CCN(CC)S(=O)(=O)c1ccc(SCC(=O)Nc2cccc(OC)c2)nc1. The van der Waals surface area contributed by atoms with Gasteiger partial charge in [-0.1, -0.05) is 31.7 Å². The van der Waals surface area contributed by atoms with Gasteiger partial charge in [-0.25, -0.2) is 13.4 Å². The topological polar surface area (TPSA) is 88.6 Å². The Bertz CT molecular complexity index is 866. The van der Waals surface area contributed by atoms with Crippen LogP contribution in [0.2, 0.25) is 0 Å². The molecule has 1 aromatic carbocycles. The molecule has 9 heteroatoms. The van der Waals surface area contributed by atoms with Crippen LogP contribution in [0, 0.1) is 0 Å². The number of sulfonamides is 1. The molecule has 1 N–H and O–H groups in total. The van der Waals surface area contributed by atoms with Crippen LogP contribution in [0.4, 0.5) is 5.69 Å². The lowest BCUT2D eigenvalue weighted by atomic mass is 10.3. The minimum Gasteiger partial charge on any atom is -0.497 e. The van der Waals surface area contributed by atoms with E-state index in [-0.39, 0.29) is 16.6 Å². The lowest BCUT2D eigenvalue weighted by Gasteiger charge is -2.18. The van der Waals surface area contributed by atoms with E-state index in [9.17, 15) is 13.2 Å². The lowest BCUT2D eigenvalue weighted by molar-refractivity contribution is -0.113. The van der Waals surface area contributed by atoms with Gasteiger partial charge in [-0.15, -0.1) is 0 Å². The predicted molar refractivity (Wildman–Crippen MR) is 107 cm³/mol. The average molecular weight is 410 g/mol. The standard InChI is InChI=1S/C18H23N3O4S2/c1-4-21(5-2)27(23,24)16-9-10-18(19-12-16)26-13-17(22)20-14-7-6-8-15(11-14)25-3/h6-12H,4-5,13H2,1-3H3,(H,20,22). The summed E-state index contributed by atoms with van der Waals surface area (Å²) in [7, 11) is -1.96. The number of pyridine rings is 1. The van der Waals surface area contributed by atoms with Gasteiger partial charge >= 0.3 is 0 Å². The van der Waals surface area contributed by atoms with Gasteiger partial charge in [0.05, 0.1) is 17.9 Å². The summed E-state index contributed by atoms with van der Waals surface area (Å²) >= 11 is 1.23. The third-order valence-electron chi connectivity index (χ3n) is 3.76. The molecule has 0 aliphatic heterocycles. The molecule has 0 aliphatic rings. The third-order valence-corrected chi connectivity index (χ3v) is 6.73. The van der Waals surface area contributed by atoms with Crippen molar-refractivity contribution in [1.29, 1.82) is 0 Å². The minimum atomic E-state index is -3.53. The van der Waals surface area contributed by atoms with Gasteiger partial charge in [0.25, 0.3) is 0 Å². The molecule has 0 unspecified atom stereocenters. The van der Waals surface area contributed by atoms with Crippen LogP contribution in [0.5, 0.6) is 5.75 Å². The van der Waals surface area contributed by atoms with Gasteiger partial charge in [-0.3, -0.25) is 4.79 Å². The molecule has 27 heavy (non-hydrogen) atoms. The lowest BCUT2D eigenvalue weighted by Crippen LogP contribution is -2.30. The molecule has 2 aromatic rings. The number of carbonyl (C=O) groups excluding carboxylic acids is 1. The molecule has 0 aliphatic carbocycles. The van der Waals surface area contributed by atoms with Gasteiger partial charge in [0, 0.05) is 31.0 Å². The summed E-state index contributed by atoms with van der Waals surface area (Å²) < 4.78 is 31.4. The zero-order valence-corrected chi connectivity index (χ0v) is 17.1. The highest BCUT2D eigenvalue weighted by atomic mass is 32.2. The van der Waals surface area contributed by atoms with Crippen molar-refractivity contribution in [3.05, 3.63) is 42.6 Å². The molecule has 1 heterocycles. The van der Waals surface area contributed by atoms with Gasteiger partial charge < -0.3 is 10.1 Å². The molecular weight excluding hydrogens is 386 g/mol. The fourth-order valence-corrected chi connectivity index (χ4v) is 4.40. The number of thioether (sulfide) groups is 1. The van der Waals surface area contributed by atoms with Gasteiger partial charge in [0.2, 0.25) is 15.9 Å². The Balaban J connectivity index is 1.95. The van der Waals surface area contributed by atoms with E-state index in [1.54, 1.807) is 51.3 Å². The number of hydrogen-bond donors (Lipinski definition) is 1. The fourth-order valence-electron chi connectivity index (χ4n) is 2.35. The summed E-state index contributed by atoms with van der Waals surface area (Å²) in [5.74, 6) is 0.633. The van der Waals surface area contributed by atoms with Crippen molar-refractivity contribution < 1.29 is 17.9 Å². The molecule has 0 spiro atoms. The number of aromatic nitrogens is 1. The number of rotatable bonds is 9. The van der Waals surface area contributed by atoms with Crippen LogP contribution in [0.25, 0.3) is 0 Å². The number of nitrogens with one attached hydrogen (secondary N) is 1. The largest absolute Gasteiger partial charge is 0.497 e. The number of methoxy groups -OCH3 is 1. The second kappa shape index (κ2) is 9.72. The Labute approximate surface area is 164 Å². The maximum absolute atomic E-state index is 12.4. The molecule has 0 radical (unpaired) electrons. The predicted octanol–water partition coefficient (Wildman–Crippen LogP) is 2.85. The number of nitrogens with zero attached hydrogens (tertiary/aromatic N) is 2. The maximum Gasteiger partial charge on any atom is 0.244 e. The van der Waals surface area contributed by atoms with Crippen molar-refractivity contribution in [2.75, 3.05) is 31.3 Å². The Hall–Kier alpha value is -2.10. The molecule has 0 bridgehead atoms. The summed E-state index contributed by atoms with van der Waals surface area (Å²) in [6.45, 7) is 4.39. The number of anilines is 1. The van der Waals surface area contributed by atoms with Crippen LogP contribution in [-0.2, 0) is 14.8 Å². The van der Waals surface area contributed by atoms with Crippen LogP contribution >= 0.6 is 11.8 Å². The molecule has 7 nitrogen and oxygen atoms in total. The number of hydrogen-bond acceptors (Lipinski definition) is 6. The first-order valence-corrected chi connectivity index (χ1v) is 10.9. The Kier molecular flexibility index (Phi) is 7.64. The van der Waals surface area contributed by atoms with Gasteiger partial charge in [0.1, 0.15) is 10.6 Å². The van der Waals surface area contributed by atoms with Crippen molar-refractivity contribution in [3.8, 4) is 5.75 Å².